The van der Waals surface area contributed by atoms with Crippen LogP contribution in [-0.2, 0) is 4.79 Å². The fourth-order valence-electron chi connectivity index (χ4n) is 1.50. The first-order valence-corrected chi connectivity index (χ1v) is 6.32. The number of hydrogen-bond acceptors (Lipinski definition) is 5. The Morgan fingerprint density at radius 3 is 2.95 bits per heavy atom. The van der Waals surface area contributed by atoms with E-state index in [1.165, 1.54) is 23.5 Å². The zero-order valence-corrected chi connectivity index (χ0v) is 10.9. The minimum atomic E-state index is -1.14. The van der Waals surface area contributed by atoms with Crippen LogP contribution in [0, 0.1) is 12.7 Å². The highest BCUT2D eigenvalue weighted by molar-refractivity contribution is 7.13. The van der Waals surface area contributed by atoms with E-state index < -0.39 is 12.0 Å². The van der Waals surface area contributed by atoms with Crippen molar-refractivity contribution in [1.29, 1.82) is 0 Å². The van der Waals surface area contributed by atoms with Gasteiger partial charge in [0.25, 0.3) is 0 Å². The molecule has 0 radical (unpaired) electrons. The van der Waals surface area contributed by atoms with Crippen LogP contribution < -0.4 is 11.1 Å². The van der Waals surface area contributed by atoms with Crippen molar-refractivity contribution >= 4 is 28.1 Å². The van der Waals surface area contributed by atoms with Crippen LogP contribution in [0.2, 0.25) is 0 Å². The molecule has 0 saturated carbocycles. The molecular formula is C12H12FN3O2S. The van der Waals surface area contributed by atoms with Crippen LogP contribution in [0.5, 0.6) is 0 Å². The van der Waals surface area contributed by atoms with Gasteiger partial charge in [0.15, 0.2) is 5.13 Å². The SMILES string of the molecule is Cc1cc(F)ccc1Nc1nc(C(N)C(=O)O)cs1. The van der Waals surface area contributed by atoms with Crippen LogP contribution in [0.3, 0.4) is 0 Å². The first kappa shape index (κ1) is 13.4. The van der Waals surface area contributed by atoms with Crippen molar-refractivity contribution in [2.75, 3.05) is 5.32 Å². The molecule has 0 amide bonds. The molecule has 0 saturated heterocycles. The smallest absolute Gasteiger partial charge is 0.326 e. The van der Waals surface area contributed by atoms with Gasteiger partial charge in [-0.1, -0.05) is 0 Å². The van der Waals surface area contributed by atoms with Gasteiger partial charge in [-0.05, 0) is 30.7 Å². The number of nitrogens with zero attached hydrogens (tertiary/aromatic N) is 1. The summed E-state index contributed by atoms with van der Waals surface area (Å²) in [5.41, 5.74) is 7.20. The number of rotatable bonds is 4. The Labute approximate surface area is 112 Å². The van der Waals surface area contributed by atoms with Gasteiger partial charge in [0, 0.05) is 11.1 Å². The van der Waals surface area contributed by atoms with E-state index in [1.54, 1.807) is 18.4 Å². The number of nitrogens with one attached hydrogen (secondary N) is 1. The fraction of sp³-hybridized carbons (Fsp3) is 0.167. The number of thiazole rings is 1. The largest absolute Gasteiger partial charge is 0.480 e. The molecule has 1 unspecified atom stereocenters. The van der Waals surface area contributed by atoms with Gasteiger partial charge in [-0.15, -0.1) is 11.3 Å². The summed E-state index contributed by atoms with van der Waals surface area (Å²) in [5.74, 6) is -1.44. The molecule has 7 heteroatoms. The summed E-state index contributed by atoms with van der Waals surface area (Å²) in [6, 6.07) is 3.20. The number of nitrogens with two attached hydrogens (primary N) is 1. The molecule has 0 aliphatic carbocycles. The van der Waals surface area contributed by atoms with Crippen molar-refractivity contribution < 1.29 is 14.3 Å². The summed E-state index contributed by atoms with van der Waals surface area (Å²) in [7, 11) is 0. The lowest BCUT2D eigenvalue weighted by molar-refractivity contribution is -0.138. The van der Waals surface area contributed by atoms with E-state index in [0.29, 0.717) is 16.5 Å². The van der Waals surface area contributed by atoms with Crippen LogP contribution in [0.15, 0.2) is 23.6 Å². The molecule has 5 nitrogen and oxygen atoms in total. The highest BCUT2D eigenvalue weighted by Gasteiger charge is 2.17. The van der Waals surface area contributed by atoms with Crippen LogP contribution in [0.25, 0.3) is 0 Å². The number of carboxylic acid groups (broad SMARTS) is 1. The zero-order chi connectivity index (χ0) is 14.0. The summed E-state index contributed by atoms with van der Waals surface area (Å²) in [6.07, 6.45) is 0. The minimum absolute atomic E-state index is 0.291. The Hall–Kier alpha value is -1.99. The van der Waals surface area contributed by atoms with Gasteiger partial charge in [-0.2, -0.15) is 0 Å². The highest BCUT2D eigenvalue weighted by Crippen LogP contribution is 2.25. The van der Waals surface area contributed by atoms with Gasteiger partial charge in [-0.3, -0.25) is 4.79 Å². The fourth-order valence-corrected chi connectivity index (χ4v) is 2.25. The van der Waals surface area contributed by atoms with Gasteiger partial charge in [0.1, 0.15) is 11.9 Å². The molecule has 1 aromatic carbocycles. The number of anilines is 2. The van der Waals surface area contributed by atoms with Gasteiger partial charge in [-0.25, -0.2) is 9.37 Å². The Balaban J connectivity index is 2.18. The maximum Gasteiger partial charge on any atom is 0.326 e. The van der Waals surface area contributed by atoms with Crippen molar-refractivity contribution in [1.82, 2.24) is 4.98 Å². The number of aryl methyl sites for hydroxylation is 1. The lowest BCUT2D eigenvalue weighted by Crippen LogP contribution is -2.20. The molecule has 1 aromatic heterocycles. The number of halogens is 1. The second kappa shape index (κ2) is 5.33. The molecule has 0 bridgehead atoms. The lowest BCUT2D eigenvalue weighted by atomic mass is 10.2. The summed E-state index contributed by atoms with van der Waals surface area (Å²) >= 11 is 1.24. The highest BCUT2D eigenvalue weighted by atomic mass is 32.1. The van der Waals surface area contributed by atoms with Gasteiger partial charge in [0.2, 0.25) is 0 Å². The number of aromatic nitrogens is 1. The van der Waals surface area contributed by atoms with E-state index >= 15 is 0 Å². The van der Waals surface area contributed by atoms with Crippen molar-refractivity contribution in [2.24, 2.45) is 5.73 Å². The number of hydrogen-bond donors (Lipinski definition) is 3. The van der Waals surface area contributed by atoms with E-state index in [0.717, 1.165) is 5.56 Å². The predicted octanol–water partition coefficient (Wildman–Crippen LogP) is 2.42. The first-order valence-electron chi connectivity index (χ1n) is 5.44. The van der Waals surface area contributed by atoms with Gasteiger partial charge >= 0.3 is 5.97 Å². The maximum atomic E-state index is 13.0. The van der Waals surface area contributed by atoms with Crippen LogP contribution in [-0.4, -0.2) is 16.1 Å². The first-order chi connectivity index (χ1) is 8.97. The second-order valence-corrected chi connectivity index (χ2v) is 4.84. The monoisotopic (exact) mass is 281 g/mol. The molecule has 19 heavy (non-hydrogen) atoms. The molecule has 2 rings (SSSR count). The average molecular weight is 281 g/mol. The molecule has 1 heterocycles. The Kier molecular flexibility index (Phi) is 3.77. The van der Waals surface area contributed by atoms with Crippen LogP contribution >= 0.6 is 11.3 Å². The normalized spacial score (nSPS) is 12.2. The molecule has 4 N–H and O–H groups in total. The number of aliphatic carboxylic acids is 1. The minimum Gasteiger partial charge on any atom is -0.480 e. The third-order valence-electron chi connectivity index (χ3n) is 2.54. The van der Waals surface area contributed by atoms with E-state index in [9.17, 15) is 9.18 Å². The van der Waals surface area contributed by atoms with Crippen molar-refractivity contribution in [3.05, 3.63) is 40.7 Å². The topological polar surface area (TPSA) is 88.2 Å². The average Bonchev–Trinajstić information content (AvgIpc) is 2.80. The van der Waals surface area contributed by atoms with Crippen molar-refractivity contribution in [2.45, 2.75) is 13.0 Å². The summed E-state index contributed by atoms with van der Waals surface area (Å²) in [4.78, 5) is 14.8. The molecular weight excluding hydrogens is 269 g/mol. The second-order valence-electron chi connectivity index (χ2n) is 3.98. The Morgan fingerprint density at radius 1 is 1.58 bits per heavy atom. The number of benzene rings is 1. The van der Waals surface area contributed by atoms with Crippen molar-refractivity contribution in [3.63, 3.8) is 0 Å². The molecule has 0 aliphatic heterocycles. The van der Waals surface area contributed by atoms with Gasteiger partial charge < -0.3 is 16.2 Å². The molecule has 1 atom stereocenters. The molecule has 0 spiro atoms. The Bertz CT molecular complexity index is 615. The Morgan fingerprint density at radius 2 is 2.32 bits per heavy atom. The van der Waals surface area contributed by atoms with E-state index in [2.05, 4.69) is 10.3 Å². The van der Waals surface area contributed by atoms with Crippen molar-refractivity contribution in [3.8, 4) is 0 Å². The third kappa shape index (κ3) is 3.07. The van der Waals surface area contributed by atoms with E-state index in [-0.39, 0.29) is 5.82 Å². The quantitative estimate of drug-likeness (QED) is 0.801. The maximum absolute atomic E-state index is 13.0. The van der Waals surface area contributed by atoms with Gasteiger partial charge in [0.05, 0.1) is 5.69 Å². The molecule has 2 aromatic rings. The zero-order valence-electron chi connectivity index (χ0n) is 10.1. The number of carbonyl (C=O) groups is 1. The molecule has 0 aliphatic rings. The molecule has 100 valence electrons. The number of carboxylic acids is 1. The summed E-state index contributed by atoms with van der Waals surface area (Å²) in [5, 5.41) is 13.9. The standard InChI is InChI=1S/C12H12FN3O2S/c1-6-4-7(13)2-3-8(6)15-12-16-9(5-19-12)10(14)11(17)18/h2-5,10H,14H2,1H3,(H,15,16)(H,17,18). The summed E-state index contributed by atoms with van der Waals surface area (Å²) in [6.45, 7) is 1.77. The summed E-state index contributed by atoms with van der Waals surface area (Å²) < 4.78 is 13.0. The molecule has 0 fully saturated rings. The van der Waals surface area contributed by atoms with E-state index in [1.807, 2.05) is 0 Å². The van der Waals surface area contributed by atoms with E-state index in [4.69, 9.17) is 10.8 Å². The van der Waals surface area contributed by atoms with Crippen LogP contribution in [0.4, 0.5) is 15.2 Å². The van der Waals surface area contributed by atoms with Crippen LogP contribution in [0.1, 0.15) is 17.3 Å². The predicted molar refractivity (Wildman–Crippen MR) is 71.1 cm³/mol. The third-order valence-corrected chi connectivity index (χ3v) is 3.31. The lowest BCUT2D eigenvalue weighted by Gasteiger charge is -2.06.